The zero-order valence-corrected chi connectivity index (χ0v) is 16.4. The second-order valence-electron chi connectivity index (χ2n) is 5.99. The van der Waals surface area contributed by atoms with Crippen molar-refractivity contribution in [3.8, 4) is 0 Å². The summed E-state index contributed by atoms with van der Waals surface area (Å²) in [4.78, 5) is 34.1. The Hall–Kier alpha value is -1.58. The Balaban J connectivity index is 2.50. The predicted molar refractivity (Wildman–Crippen MR) is 106 cm³/mol. The summed E-state index contributed by atoms with van der Waals surface area (Å²) in [5, 5.41) is 9.99. The number of aromatic nitrogens is 1. The number of carbonyl (C=O) groups is 1. The van der Waals surface area contributed by atoms with Crippen LogP contribution >= 0.6 is 15.6 Å². The van der Waals surface area contributed by atoms with E-state index < -0.39 is 21.5 Å². The van der Waals surface area contributed by atoms with Crippen LogP contribution in [0.3, 0.4) is 0 Å². The number of carboxylic acids is 1. The second kappa shape index (κ2) is 9.94. The topological polar surface area (TPSA) is 108 Å². The molecular weight excluding hydrogens is 372 g/mol. The molecule has 0 bridgehead atoms. The van der Waals surface area contributed by atoms with Crippen LogP contribution in [0.25, 0.3) is 17.0 Å². The molecule has 0 fully saturated rings. The fraction of sp³-hybridized carbons (Fsp3) is 0.333. The van der Waals surface area contributed by atoms with E-state index >= 15 is 0 Å². The lowest BCUT2D eigenvalue weighted by molar-refractivity contribution is -0.131. The molecular formula is C18H23NO5P2. The number of aryl methyl sites for hydroxylation is 1. The molecule has 0 saturated heterocycles. The van der Waals surface area contributed by atoms with Gasteiger partial charge >= 0.3 is 5.97 Å². The summed E-state index contributed by atoms with van der Waals surface area (Å²) in [5.41, 5.74) is 1.87. The van der Waals surface area contributed by atoms with Gasteiger partial charge in [0.2, 0.25) is 8.06 Å². The highest BCUT2D eigenvalue weighted by Crippen LogP contribution is 2.54. The first-order valence-electron chi connectivity index (χ1n) is 8.50. The normalized spacial score (nSPS) is 12.9. The van der Waals surface area contributed by atoms with Gasteiger partial charge in [-0.1, -0.05) is 38.3 Å². The molecule has 1 unspecified atom stereocenters. The minimum absolute atomic E-state index is 0.311. The summed E-state index contributed by atoms with van der Waals surface area (Å²) in [7, 11) is -5.34. The van der Waals surface area contributed by atoms with Crippen LogP contribution in [-0.2, 0) is 15.8 Å². The van der Waals surface area contributed by atoms with Crippen LogP contribution in [0.4, 0.5) is 0 Å². The van der Waals surface area contributed by atoms with E-state index in [2.05, 4.69) is 11.9 Å². The standard InChI is InChI=1S/C18H23NO5P2/c1-2-3-4-5-7-13-12-14-8-6-9-16(25(22)26(23)24)18(14)19-15(13)10-11-17(20)21/h6,8-12,23-25H,2-5,7H2,1H3,(H,20,21). The smallest absolute Gasteiger partial charge is 0.328 e. The maximum Gasteiger partial charge on any atom is 0.328 e. The number of unbranched alkanes of at least 4 members (excludes halogenated alkanes) is 3. The molecule has 2 aromatic rings. The fourth-order valence-corrected chi connectivity index (χ4v) is 4.82. The third kappa shape index (κ3) is 5.46. The quantitative estimate of drug-likeness (QED) is 0.338. The number of para-hydroxylation sites is 1. The van der Waals surface area contributed by atoms with E-state index in [1.54, 1.807) is 12.1 Å². The number of hydrogen-bond donors (Lipinski definition) is 3. The summed E-state index contributed by atoms with van der Waals surface area (Å²) in [6.45, 7) is 2.14. The van der Waals surface area contributed by atoms with Crippen LogP contribution in [0, 0.1) is 0 Å². The highest BCUT2D eigenvalue weighted by atomic mass is 32.1. The lowest BCUT2D eigenvalue weighted by Crippen LogP contribution is -2.04. The van der Waals surface area contributed by atoms with Crippen LogP contribution in [0.5, 0.6) is 0 Å². The molecule has 8 heteroatoms. The summed E-state index contributed by atoms with van der Waals surface area (Å²) < 4.78 is 12.2. The van der Waals surface area contributed by atoms with Crippen LogP contribution in [0.1, 0.15) is 43.9 Å². The van der Waals surface area contributed by atoms with E-state index in [4.69, 9.17) is 5.11 Å². The van der Waals surface area contributed by atoms with Crippen LogP contribution < -0.4 is 5.30 Å². The Bertz CT molecular complexity index is 836. The predicted octanol–water partition coefficient (Wildman–Crippen LogP) is 3.85. The van der Waals surface area contributed by atoms with Crippen molar-refractivity contribution >= 4 is 43.8 Å². The van der Waals surface area contributed by atoms with Gasteiger partial charge in [0.15, 0.2) is 7.49 Å². The average Bonchev–Trinajstić information content (AvgIpc) is 2.62. The Labute approximate surface area is 154 Å². The number of carboxylic acid groups (broad SMARTS) is 1. The molecule has 0 aliphatic carbocycles. The number of rotatable bonds is 9. The van der Waals surface area contributed by atoms with E-state index in [1.165, 1.54) is 6.08 Å². The zero-order valence-electron chi connectivity index (χ0n) is 14.6. The first-order valence-corrected chi connectivity index (χ1v) is 12.0. The molecule has 0 aliphatic rings. The third-order valence-electron chi connectivity index (χ3n) is 4.05. The molecule has 1 aromatic carbocycles. The highest BCUT2D eigenvalue weighted by molar-refractivity contribution is 8.22. The summed E-state index contributed by atoms with van der Waals surface area (Å²) >= 11 is 0. The van der Waals surface area contributed by atoms with E-state index in [1.807, 2.05) is 12.1 Å². The lowest BCUT2D eigenvalue weighted by Gasteiger charge is -2.11. The van der Waals surface area contributed by atoms with Crippen molar-refractivity contribution < 1.29 is 24.3 Å². The molecule has 26 heavy (non-hydrogen) atoms. The van der Waals surface area contributed by atoms with Crippen molar-refractivity contribution in [2.24, 2.45) is 0 Å². The van der Waals surface area contributed by atoms with Gasteiger partial charge in [0.25, 0.3) is 0 Å². The minimum Gasteiger partial charge on any atom is -0.478 e. The second-order valence-corrected chi connectivity index (χ2v) is 10.1. The van der Waals surface area contributed by atoms with Gasteiger partial charge < -0.3 is 19.5 Å². The zero-order chi connectivity index (χ0) is 19.1. The molecule has 140 valence electrons. The number of hydrogen-bond acceptors (Lipinski definition) is 5. The largest absolute Gasteiger partial charge is 0.478 e. The van der Waals surface area contributed by atoms with E-state index in [-0.39, 0.29) is 0 Å². The Morgan fingerprint density at radius 1 is 1.27 bits per heavy atom. The SMILES string of the molecule is CCCCCCc1cc2cccc([PH](=O)P(O)O)c2nc1C=CC(=O)O. The van der Waals surface area contributed by atoms with Gasteiger partial charge in [0.1, 0.15) is 0 Å². The van der Waals surface area contributed by atoms with Crippen molar-refractivity contribution in [2.45, 2.75) is 39.0 Å². The van der Waals surface area contributed by atoms with Crippen LogP contribution in [0.2, 0.25) is 0 Å². The monoisotopic (exact) mass is 395 g/mol. The Kier molecular flexibility index (Phi) is 7.92. The molecule has 6 nitrogen and oxygen atoms in total. The first-order chi connectivity index (χ1) is 12.4. The van der Waals surface area contributed by atoms with Gasteiger partial charge in [-0.2, -0.15) is 0 Å². The summed E-state index contributed by atoms with van der Waals surface area (Å²) in [5.74, 6) is -1.07. The number of aliphatic carboxylic acids is 1. The minimum atomic E-state index is -2.77. The number of pyridine rings is 1. The Morgan fingerprint density at radius 2 is 2.04 bits per heavy atom. The van der Waals surface area contributed by atoms with E-state index in [0.717, 1.165) is 49.1 Å². The number of nitrogens with zero attached hydrogens (tertiary/aromatic N) is 1. The van der Waals surface area contributed by atoms with Crippen LogP contribution in [-0.4, -0.2) is 25.8 Å². The highest BCUT2D eigenvalue weighted by Gasteiger charge is 2.18. The molecule has 0 aliphatic heterocycles. The number of benzene rings is 1. The van der Waals surface area contributed by atoms with Gasteiger partial charge in [-0.05, 0) is 36.6 Å². The lowest BCUT2D eigenvalue weighted by atomic mass is 10.0. The molecule has 0 amide bonds. The molecule has 1 aromatic heterocycles. The van der Waals surface area contributed by atoms with Crippen LogP contribution in [0.15, 0.2) is 30.3 Å². The fourth-order valence-electron chi connectivity index (χ4n) is 2.77. The first kappa shape index (κ1) is 20.7. The summed E-state index contributed by atoms with van der Waals surface area (Å²) in [6.07, 6.45) is 7.57. The van der Waals surface area contributed by atoms with Gasteiger partial charge in [-0.3, -0.25) is 0 Å². The van der Waals surface area contributed by atoms with Crippen molar-refractivity contribution in [1.82, 2.24) is 4.98 Å². The third-order valence-corrected chi connectivity index (χ3v) is 7.09. The summed E-state index contributed by atoms with van der Waals surface area (Å²) in [6, 6.07) is 7.04. The van der Waals surface area contributed by atoms with E-state index in [9.17, 15) is 19.1 Å². The molecule has 1 heterocycles. The van der Waals surface area contributed by atoms with E-state index in [0.29, 0.717) is 16.5 Å². The van der Waals surface area contributed by atoms with Crippen molar-refractivity contribution in [2.75, 3.05) is 0 Å². The van der Waals surface area contributed by atoms with Crippen molar-refractivity contribution in [3.63, 3.8) is 0 Å². The van der Waals surface area contributed by atoms with Crippen molar-refractivity contribution in [1.29, 1.82) is 0 Å². The average molecular weight is 395 g/mol. The molecule has 0 saturated carbocycles. The van der Waals surface area contributed by atoms with Gasteiger partial charge in [0.05, 0.1) is 11.2 Å². The van der Waals surface area contributed by atoms with Gasteiger partial charge in [-0.15, -0.1) is 0 Å². The molecule has 0 radical (unpaired) electrons. The van der Waals surface area contributed by atoms with Gasteiger partial charge in [-0.25, -0.2) is 9.78 Å². The molecule has 1 atom stereocenters. The van der Waals surface area contributed by atoms with Gasteiger partial charge in [0, 0.05) is 16.8 Å². The molecule has 2 rings (SSSR count). The maximum atomic E-state index is 12.2. The van der Waals surface area contributed by atoms with Crippen molar-refractivity contribution in [3.05, 3.63) is 41.6 Å². The molecule has 0 spiro atoms. The number of fused-ring (bicyclic) bond motifs is 1. The maximum absolute atomic E-state index is 12.2. The Morgan fingerprint density at radius 3 is 2.69 bits per heavy atom. The molecule has 3 N–H and O–H groups in total.